The summed E-state index contributed by atoms with van der Waals surface area (Å²) in [5.41, 5.74) is 15.6. The molecule has 0 spiro atoms. The number of aromatic nitrogens is 6. The quantitative estimate of drug-likeness (QED) is 0.136. The minimum absolute atomic E-state index is 0.617. The van der Waals surface area contributed by atoms with Crippen LogP contribution in [0, 0.1) is 6.92 Å². The Hall–Kier alpha value is -9.00. The van der Waals surface area contributed by atoms with Gasteiger partial charge < -0.3 is 0 Å². The Morgan fingerprint density at radius 3 is 0.836 bits per heavy atom. The van der Waals surface area contributed by atoms with Crippen LogP contribution in [0.5, 0.6) is 0 Å². The van der Waals surface area contributed by atoms with Gasteiger partial charge in [0, 0.05) is 33.4 Å². The van der Waals surface area contributed by atoms with Crippen LogP contribution >= 0.6 is 0 Å². The molecular formula is C61H42N6. The van der Waals surface area contributed by atoms with Gasteiger partial charge >= 0.3 is 0 Å². The van der Waals surface area contributed by atoms with Crippen LogP contribution in [-0.2, 0) is 0 Å². The zero-order chi connectivity index (χ0) is 44.9. The van der Waals surface area contributed by atoms with E-state index in [0.29, 0.717) is 34.9 Å². The SMILES string of the molecule is Cc1ccc(-c2nc(-c3ccccc3)nc(-c3cccc(-c4ccccc4)c3)n2)cc1-c1cccc(-c2cccc(-c3cccc(-c4nc(-c5ccccc5)nc(-c5ccccc5)n4)c3)c2)c1. The third kappa shape index (κ3) is 8.80. The first-order valence-corrected chi connectivity index (χ1v) is 22.3. The second-order valence-electron chi connectivity index (χ2n) is 16.4. The van der Waals surface area contributed by atoms with E-state index in [2.05, 4.69) is 146 Å². The van der Waals surface area contributed by atoms with Crippen LogP contribution < -0.4 is 0 Å². The Kier molecular flexibility index (Phi) is 11.1. The van der Waals surface area contributed by atoms with Crippen molar-refractivity contribution >= 4 is 0 Å². The lowest BCUT2D eigenvalue weighted by atomic mass is 9.93. The molecular weight excluding hydrogens is 817 g/mol. The summed E-state index contributed by atoms with van der Waals surface area (Å²) in [6, 6.07) is 81.4. The van der Waals surface area contributed by atoms with Gasteiger partial charge in [-0.3, -0.25) is 0 Å². The topological polar surface area (TPSA) is 77.3 Å². The Bertz CT molecular complexity index is 3460. The van der Waals surface area contributed by atoms with Crippen LogP contribution in [0.25, 0.3) is 113 Å². The summed E-state index contributed by atoms with van der Waals surface area (Å²) in [5, 5.41) is 0. The Balaban J connectivity index is 0.930. The zero-order valence-corrected chi connectivity index (χ0v) is 36.7. The third-order valence-corrected chi connectivity index (χ3v) is 11.9. The van der Waals surface area contributed by atoms with Crippen LogP contribution in [0.2, 0.25) is 0 Å². The fourth-order valence-electron chi connectivity index (χ4n) is 8.41. The van der Waals surface area contributed by atoms with Gasteiger partial charge in [-0.1, -0.05) is 206 Å². The molecule has 11 aromatic rings. The third-order valence-electron chi connectivity index (χ3n) is 11.9. The van der Waals surface area contributed by atoms with Crippen molar-refractivity contribution in [2.75, 3.05) is 0 Å². The minimum atomic E-state index is 0.617. The average molecular weight is 859 g/mol. The molecule has 316 valence electrons. The van der Waals surface area contributed by atoms with Crippen LogP contribution in [0.1, 0.15) is 5.56 Å². The molecule has 0 saturated carbocycles. The number of rotatable bonds is 10. The number of hydrogen-bond donors (Lipinski definition) is 0. The molecule has 0 aliphatic heterocycles. The maximum atomic E-state index is 5.13. The second-order valence-corrected chi connectivity index (χ2v) is 16.4. The summed E-state index contributed by atoms with van der Waals surface area (Å²) >= 11 is 0. The second kappa shape index (κ2) is 18.2. The molecule has 9 aromatic carbocycles. The maximum absolute atomic E-state index is 5.13. The van der Waals surface area contributed by atoms with Crippen molar-refractivity contribution in [2.45, 2.75) is 6.92 Å². The van der Waals surface area contributed by atoms with E-state index >= 15 is 0 Å². The predicted molar refractivity (Wildman–Crippen MR) is 272 cm³/mol. The van der Waals surface area contributed by atoms with Gasteiger partial charge in [0.2, 0.25) is 0 Å². The summed E-state index contributed by atoms with van der Waals surface area (Å²) < 4.78 is 0. The molecule has 0 bridgehead atoms. The van der Waals surface area contributed by atoms with Crippen molar-refractivity contribution in [1.82, 2.24) is 29.9 Å². The predicted octanol–water partition coefficient (Wildman–Crippen LogP) is 15.0. The monoisotopic (exact) mass is 858 g/mol. The molecule has 0 aliphatic rings. The van der Waals surface area contributed by atoms with E-state index in [4.69, 9.17) is 29.9 Å². The lowest BCUT2D eigenvalue weighted by molar-refractivity contribution is 1.07. The number of nitrogens with zero attached hydrogens (tertiary/aromatic N) is 6. The minimum Gasteiger partial charge on any atom is -0.208 e. The zero-order valence-electron chi connectivity index (χ0n) is 36.7. The molecule has 0 amide bonds. The highest BCUT2D eigenvalue weighted by Crippen LogP contribution is 2.35. The molecule has 2 aromatic heterocycles. The first kappa shape index (κ1) is 40.8. The summed E-state index contributed by atoms with van der Waals surface area (Å²) in [7, 11) is 0. The molecule has 2 heterocycles. The van der Waals surface area contributed by atoms with Gasteiger partial charge in [0.15, 0.2) is 34.9 Å². The largest absolute Gasteiger partial charge is 0.208 e. The molecule has 0 radical (unpaired) electrons. The van der Waals surface area contributed by atoms with Crippen molar-refractivity contribution in [2.24, 2.45) is 0 Å². The van der Waals surface area contributed by atoms with E-state index in [1.807, 2.05) is 97.1 Å². The van der Waals surface area contributed by atoms with E-state index < -0.39 is 0 Å². The summed E-state index contributed by atoms with van der Waals surface area (Å²) in [6.45, 7) is 2.15. The first-order chi connectivity index (χ1) is 33.1. The average Bonchev–Trinajstić information content (AvgIpc) is 3.42. The lowest BCUT2D eigenvalue weighted by Crippen LogP contribution is -2.00. The van der Waals surface area contributed by atoms with Crippen molar-refractivity contribution < 1.29 is 0 Å². The van der Waals surface area contributed by atoms with Gasteiger partial charge in [-0.05, 0) is 87.3 Å². The van der Waals surface area contributed by atoms with Crippen LogP contribution in [0.4, 0.5) is 0 Å². The molecule has 6 nitrogen and oxygen atoms in total. The Labute approximate surface area is 390 Å². The lowest BCUT2D eigenvalue weighted by Gasteiger charge is -2.13. The maximum Gasteiger partial charge on any atom is 0.164 e. The molecule has 11 rings (SSSR count). The molecule has 67 heavy (non-hydrogen) atoms. The van der Waals surface area contributed by atoms with Gasteiger partial charge in [0.05, 0.1) is 0 Å². The van der Waals surface area contributed by atoms with Crippen molar-refractivity contribution in [3.05, 3.63) is 242 Å². The highest BCUT2D eigenvalue weighted by atomic mass is 15.0. The van der Waals surface area contributed by atoms with E-state index in [1.54, 1.807) is 0 Å². The van der Waals surface area contributed by atoms with Gasteiger partial charge in [-0.25, -0.2) is 29.9 Å². The Morgan fingerprint density at radius 2 is 0.448 bits per heavy atom. The van der Waals surface area contributed by atoms with E-state index in [9.17, 15) is 0 Å². The van der Waals surface area contributed by atoms with Gasteiger partial charge in [0.1, 0.15) is 0 Å². The van der Waals surface area contributed by atoms with E-state index in [0.717, 1.165) is 83.5 Å². The molecule has 0 saturated heterocycles. The van der Waals surface area contributed by atoms with Crippen molar-refractivity contribution in [3.8, 4) is 113 Å². The normalized spacial score (nSPS) is 11.1. The van der Waals surface area contributed by atoms with Crippen LogP contribution in [-0.4, -0.2) is 29.9 Å². The summed E-state index contributed by atoms with van der Waals surface area (Å²) in [5.74, 6) is 3.76. The highest BCUT2D eigenvalue weighted by Gasteiger charge is 2.17. The number of hydrogen-bond acceptors (Lipinski definition) is 6. The molecule has 0 N–H and O–H groups in total. The van der Waals surface area contributed by atoms with Gasteiger partial charge in [-0.2, -0.15) is 0 Å². The Morgan fingerprint density at radius 1 is 0.194 bits per heavy atom. The van der Waals surface area contributed by atoms with E-state index in [1.165, 1.54) is 0 Å². The number of benzene rings is 9. The molecule has 0 unspecified atom stereocenters. The first-order valence-electron chi connectivity index (χ1n) is 22.3. The highest BCUT2D eigenvalue weighted by molar-refractivity contribution is 5.81. The molecule has 6 heteroatoms. The van der Waals surface area contributed by atoms with Crippen LogP contribution in [0.3, 0.4) is 0 Å². The fraction of sp³-hybridized carbons (Fsp3) is 0.0164. The molecule has 0 aliphatic carbocycles. The van der Waals surface area contributed by atoms with Crippen molar-refractivity contribution in [1.29, 1.82) is 0 Å². The smallest absolute Gasteiger partial charge is 0.164 e. The van der Waals surface area contributed by atoms with Gasteiger partial charge in [0.25, 0.3) is 0 Å². The summed E-state index contributed by atoms with van der Waals surface area (Å²) in [4.78, 5) is 30.1. The van der Waals surface area contributed by atoms with Crippen LogP contribution in [0.15, 0.2) is 237 Å². The van der Waals surface area contributed by atoms with Crippen molar-refractivity contribution in [3.63, 3.8) is 0 Å². The van der Waals surface area contributed by atoms with Gasteiger partial charge in [-0.15, -0.1) is 0 Å². The number of aryl methyl sites for hydroxylation is 1. The summed E-state index contributed by atoms with van der Waals surface area (Å²) in [6.07, 6.45) is 0. The van der Waals surface area contributed by atoms with E-state index in [-0.39, 0.29) is 0 Å². The molecule has 0 fully saturated rings. The fourth-order valence-corrected chi connectivity index (χ4v) is 8.41. The standard InChI is InChI=1S/C61H42N6/c1-41-34-35-54(61-66-58(45-24-12-5-13-25-45)65-60(67-61)52-32-16-26-46(38-52)42-18-6-2-7-19-42)40-55(41)51-31-15-29-49(37-51)47-27-14-28-48(36-47)50-30-17-33-53(39-50)59-63-56(43-20-8-3-9-21-43)62-57(64-59)44-22-10-4-11-23-44/h2-40H,1H3. The molecule has 0 atom stereocenters.